The predicted octanol–water partition coefficient (Wildman–Crippen LogP) is 6.45. The molecule has 5 atom stereocenters. The first-order chi connectivity index (χ1) is 12.8. The van der Waals surface area contributed by atoms with E-state index in [1.807, 2.05) is 0 Å². The molecule has 4 bridgehead atoms. The second kappa shape index (κ2) is 8.89. The van der Waals surface area contributed by atoms with Crippen molar-refractivity contribution in [2.75, 3.05) is 0 Å². The van der Waals surface area contributed by atoms with Crippen molar-refractivity contribution in [1.29, 1.82) is 0 Å². The van der Waals surface area contributed by atoms with E-state index in [4.69, 9.17) is 9.47 Å². The molecule has 3 aliphatic rings. The van der Waals surface area contributed by atoms with Gasteiger partial charge in [-0.05, 0) is 81.1 Å². The first-order valence-corrected chi connectivity index (χ1v) is 11.2. The van der Waals surface area contributed by atoms with E-state index in [2.05, 4.69) is 37.3 Å². The summed E-state index contributed by atoms with van der Waals surface area (Å²) in [5.74, 6) is 2.20. The molecule has 4 rings (SSSR count). The van der Waals surface area contributed by atoms with Gasteiger partial charge in [-0.15, -0.1) is 0 Å². The van der Waals surface area contributed by atoms with Crippen LogP contribution in [0, 0.1) is 11.8 Å². The fourth-order valence-electron chi connectivity index (χ4n) is 5.71. The molecule has 5 unspecified atom stereocenters. The van der Waals surface area contributed by atoms with Crippen LogP contribution in [0.4, 0.5) is 0 Å². The molecule has 1 aromatic carbocycles. The SMILES string of the molecule is CCCC(CCC1OC2CCC(O1)C1CCCC2CC1)c1ccccc1. The smallest absolute Gasteiger partial charge is 0.158 e. The summed E-state index contributed by atoms with van der Waals surface area (Å²) < 4.78 is 13.2. The first kappa shape index (κ1) is 18.5. The average Bonchev–Trinajstić information content (AvgIpc) is 2.99. The van der Waals surface area contributed by atoms with Crippen LogP contribution >= 0.6 is 0 Å². The Hall–Kier alpha value is -0.860. The molecule has 26 heavy (non-hydrogen) atoms. The Bertz CT molecular complexity index is 520. The number of fused-ring (bicyclic) bond motifs is 8. The Morgan fingerprint density at radius 3 is 2.12 bits per heavy atom. The lowest BCUT2D eigenvalue weighted by molar-refractivity contribution is -0.193. The second-order valence-electron chi connectivity index (χ2n) is 8.86. The van der Waals surface area contributed by atoms with Crippen LogP contribution in [-0.2, 0) is 9.47 Å². The van der Waals surface area contributed by atoms with Crippen LogP contribution in [0.25, 0.3) is 0 Å². The van der Waals surface area contributed by atoms with E-state index in [0.29, 0.717) is 18.1 Å². The largest absolute Gasteiger partial charge is 0.349 e. The van der Waals surface area contributed by atoms with Crippen LogP contribution in [0.15, 0.2) is 30.3 Å². The number of rotatable bonds is 6. The fourth-order valence-corrected chi connectivity index (χ4v) is 5.71. The van der Waals surface area contributed by atoms with Crippen molar-refractivity contribution in [3.8, 4) is 0 Å². The Balaban J connectivity index is 1.42. The van der Waals surface area contributed by atoms with Crippen LogP contribution in [0.5, 0.6) is 0 Å². The maximum absolute atomic E-state index is 6.59. The van der Waals surface area contributed by atoms with Gasteiger partial charge in [-0.2, -0.15) is 0 Å². The summed E-state index contributed by atoms with van der Waals surface area (Å²) in [4.78, 5) is 0. The maximum atomic E-state index is 6.59. The summed E-state index contributed by atoms with van der Waals surface area (Å²) in [7, 11) is 0. The van der Waals surface area contributed by atoms with E-state index < -0.39 is 0 Å². The molecule has 2 aliphatic carbocycles. The molecule has 2 nitrogen and oxygen atoms in total. The molecule has 0 spiro atoms. The highest BCUT2D eigenvalue weighted by Crippen LogP contribution is 2.42. The minimum atomic E-state index is 0.0248. The molecule has 144 valence electrons. The van der Waals surface area contributed by atoms with Crippen LogP contribution in [0.1, 0.15) is 89.0 Å². The number of benzene rings is 1. The standard InChI is InChI=1S/C24H36O2/c1-2-7-18(19-8-4-3-5-9-19)14-17-24-25-22-15-16-23(26-24)21-11-6-10-20(22)12-13-21/h3-5,8-9,18,20-24H,2,6-7,10-17H2,1H3. The number of hydrogen-bond acceptors (Lipinski definition) is 2. The van der Waals surface area contributed by atoms with Crippen LogP contribution in [-0.4, -0.2) is 18.5 Å². The highest BCUT2D eigenvalue weighted by atomic mass is 16.7. The summed E-state index contributed by atoms with van der Waals surface area (Å²) >= 11 is 0. The molecule has 0 amide bonds. The molecule has 2 saturated carbocycles. The summed E-state index contributed by atoms with van der Waals surface area (Å²) in [6, 6.07) is 11.0. The third-order valence-electron chi connectivity index (χ3n) is 7.16. The van der Waals surface area contributed by atoms with Crippen LogP contribution < -0.4 is 0 Å². The zero-order chi connectivity index (χ0) is 17.8. The minimum Gasteiger partial charge on any atom is -0.349 e. The Morgan fingerprint density at radius 1 is 0.846 bits per heavy atom. The molecule has 1 saturated heterocycles. The molecule has 3 fully saturated rings. The molecule has 0 radical (unpaired) electrons. The fraction of sp³-hybridized carbons (Fsp3) is 0.750. The highest BCUT2D eigenvalue weighted by molar-refractivity contribution is 5.19. The first-order valence-electron chi connectivity index (χ1n) is 11.2. The van der Waals surface area contributed by atoms with Gasteiger partial charge in [0, 0.05) is 0 Å². The van der Waals surface area contributed by atoms with Crippen molar-refractivity contribution in [3.05, 3.63) is 35.9 Å². The van der Waals surface area contributed by atoms with Crippen LogP contribution in [0.3, 0.4) is 0 Å². The lowest BCUT2D eigenvalue weighted by atomic mass is 9.84. The van der Waals surface area contributed by atoms with Gasteiger partial charge < -0.3 is 9.47 Å². The van der Waals surface area contributed by atoms with Crippen molar-refractivity contribution in [3.63, 3.8) is 0 Å². The van der Waals surface area contributed by atoms with Gasteiger partial charge in [0.25, 0.3) is 0 Å². The third kappa shape index (κ3) is 4.34. The monoisotopic (exact) mass is 356 g/mol. The van der Waals surface area contributed by atoms with Crippen molar-refractivity contribution >= 4 is 0 Å². The Kier molecular flexibility index (Phi) is 6.32. The van der Waals surface area contributed by atoms with Gasteiger partial charge in [-0.1, -0.05) is 50.1 Å². The molecular weight excluding hydrogens is 320 g/mol. The van der Waals surface area contributed by atoms with E-state index >= 15 is 0 Å². The summed E-state index contributed by atoms with van der Waals surface area (Å²) in [6.07, 6.45) is 15.0. The van der Waals surface area contributed by atoms with Crippen molar-refractivity contribution in [2.45, 2.75) is 102 Å². The lowest BCUT2D eigenvalue weighted by Crippen LogP contribution is -2.29. The zero-order valence-electron chi connectivity index (χ0n) is 16.4. The van der Waals surface area contributed by atoms with Crippen molar-refractivity contribution in [1.82, 2.24) is 0 Å². The molecular formula is C24H36O2. The van der Waals surface area contributed by atoms with Crippen molar-refractivity contribution in [2.24, 2.45) is 11.8 Å². The lowest BCUT2D eigenvalue weighted by Gasteiger charge is -2.29. The molecule has 1 heterocycles. The predicted molar refractivity (Wildman–Crippen MR) is 106 cm³/mol. The van der Waals surface area contributed by atoms with Gasteiger partial charge in [0.15, 0.2) is 6.29 Å². The van der Waals surface area contributed by atoms with Gasteiger partial charge in [0.1, 0.15) is 0 Å². The topological polar surface area (TPSA) is 18.5 Å². The van der Waals surface area contributed by atoms with Gasteiger partial charge in [0.2, 0.25) is 0 Å². The highest BCUT2D eigenvalue weighted by Gasteiger charge is 2.39. The quantitative estimate of drug-likeness (QED) is 0.545. The van der Waals surface area contributed by atoms with Crippen LogP contribution in [0.2, 0.25) is 0 Å². The second-order valence-corrected chi connectivity index (χ2v) is 8.86. The normalized spacial score (nSPS) is 35.3. The van der Waals surface area contributed by atoms with E-state index in [-0.39, 0.29) is 6.29 Å². The van der Waals surface area contributed by atoms with E-state index in [9.17, 15) is 0 Å². The number of hydrogen-bond donors (Lipinski definition) is 0. The van der Waals surface area contributed by atoms with Gasteiger partial charge in [0.05, 0.1) is 12.2 Å². The Morgan fingerprint density at radius 2 is 1.50 bits per heavy atom. The molecule has 0 N–H and O–H groups in total. The van der Waals surface area contributed by atoms with E-state index in [1.165, 1.54) is 69.8 Å². The minimum absolute atomic E-state index is 0.0248. The average molecular weight is 357 g/mol. The number of ether oxygens (including phenoxy) is 2. The third-order valence-corrected chi connectivity index (χ3v) is 7.16. The summed E-state index contributed by atoms with van der Waals surface area (Å²) in [5, 5.41) is 0. The maximum Gasteiger partial charge on any atom is 0.158 e. The molecule has 0 aromatic heterocycles. The molecule has 1 aliphatic heterocycles. The van der Waals surface area contributed by atoms with Gasteiger partial charge in [-0.3, -0.25) is 0 Å². The summed E-state index contributed by atoms with van der Waals surface area (Å²) in [6.45, 7) is 2.30. The molecule has 1 aromatic rings. The van der Waals surface area contributed by atoms with Gasteiger partial charge in [-0.25, -0.2) is 0 Å². The molecule has 2 heteroatoms. The van der Waals surface area contributed by atoms with E-state index in [0.717, 1.165) is 18.3 Å². The van der Waals surface area contributed by atoms with E-state index in [1.54, 1.807) is 0 Å². The zero-order valence-corrected chi connectivity index (χ0v) is 16.4. The summed E-state index contributed by atoms with van der Waals surface area (Å²) in [5.41, 5.74) is 1.48. The van der Waals surface area contributed by atoms with Gasteiger partial charge >= 0.3 is 0 Å². The Labute approximate surface area is 159 Å². The van der Waals surface area contributed by atoms with Crippen molar-refractivity contribution < 1.29 is 9.47 Å².